The lowest BCUT2D eigenvalue weighted by Gasteiger charge is -2.13. The molecule has 0 aliphatic rings. The Morgan fingerprint density at radius 3 is 2.07 bits per heavy atom. The fourth-order valence-electron chi connectivity index (χ4n) is 2.51. The quantitative estimate of drug-likeness (QED) is 0.591. The molecule has 0 amide bonds. The van der Waals surface area contributed by atoms with Gasteiger partial charge in [0.2, 0.25) is 0 Å². The molecule has 0 radical (unpaired) electrons. The first-order valence-electron chi connectivity index (χ1n) is 8.25. The van der Waals surface area contributed by atoms with Crippen molar-refractivity contribution in [3.63, 3.8) is 0 Å². The summed E-state index contributed by atoms with van der Waals surface area (Å²) in [6.07, 6.45) is 0. The van der Waals surface area contributed by atoms with Gasteiger partial charge in [-0.1, -0.05) is 24.3 Å². The van der Waals surface area contributed by atoms with E-state index in [4.69, 9.17) is 4.74 Å². The summed E-state index contributed by atoms with van der Waals surface area (Å²) >= 11 is 0. The van der Waals surface area contributed by atoms with Gasteiger partial charge in [-0.3, -0.25) is 9.44 Å². The first-order valence-corrected chi connectivity index (χ1v) is 11.2. The SMILES string of the molecule is COc1ccccc1NS(=O)(=O)c1cccc(NS(=O)(=O)c2cccc(F)c2)c1. The smallest absolute Gasteiger partial charge is 0.262 e. The topological polar surface area (TPSA) is 102 Å². The van der Waals surface area contributed by atoms with Gasteiger partial charge < -0.3 is 4.74 Å². The summed E-state index contributed by atoms with van der Waals surface area (Å²) in [5.41, 5.74) is 0.248. The zero-order valence-corrected chi connectivity index (χ0v) is 16.8. The van der Waals surface area contributed by atoms with Crippen LogP contribution in [-0.2, 0) is 20.0 Å². The van der Waals surface area contributed by atoms with Crippen LogP contribution in [0.1, 0.15) is 0 Å². The average molecular weight is 436 g/mol. The van der Waals surface area contributed by atoms with Crippen molar-refractivity contribution in [2.24, 2.45) is 0 Å². The summed E-state index contributed by atoms with van der Waals surface area (Å²) in [5.74, 6) is -0.371. The van der Waals surface area contributed by atoms with Crippen LogP contribution >= 0.6 is 0 Å². The molecule has 0 heterocycles. The number of ether oxygens (including phenoxy) is 1. The zero-order valence-electron chi connectivity index (χ0n) is 15.2. The van der Waals surface area contributed by atoms with Gasteiger partial charge in [-0.05, 0) is 48.5 Å². The molecular weight excluding hydrogens is 419 g/mol. The van der Waals surface area contributed by atoms with Gasteiger partial charge in [-0.2, -0.15) is 0 Å². The second-order valence-corrected chi connectivity index (χ2v) is 9.26. The molecule has 29 heavy (non-hydrogen) atoms. The maximum absolute atomic E-state index is 13.3. The average Bonchev–Trinajstić information content (AvgIpc) is 2.68. The Hall–Kier alpha value is -3.11. The van der Waals surface area contributed by atoms with Crippen molar-refractivity contribution in [3.05, 3.63) is 78.6 Å². The molecule has 3 aromatic rings. The number of nitrogens with one attached hydrogen (secondary N) is 2. The number of hydrogen-bond acceptors (Lipinski definition) is 5. The van der Waals surface area contributed by atoms with Crippen LogP contribution in [0.5, 0.6) is 5.75 Å². The van der Waals surface area contributed by atoms with Crippen molar-refractivity contribution in [3.8, 4) is 5.75 Å². The van der Waals surface area contributed by atoms with Crippen molar-refractivity contribution in [1.29, 1.82) is 0 Å². The van der Waals surface area contributed by atoms with Gasteiger partial charge in [0.25, 0.3) is 20.0 Å². The van der Waals surface area contributed by atoms with Crippen molar-refractivity contribution in [2.75, 3.05) is 16.6 Å². The maximum atomic E-state index is 13.3. The largest absolute Gasteiger partial charge is 0.495 e. The minimum absolute atomic E-state index is 0.0113. The molecule has 3 aromatic carbocycles. The Balaban J connectivity index is 1.89. The van der Waals surface area contributed by atoms with Crippen LogP contribution in [0.4, 0.5) is 15.8 Å². The first-order chi connectivity index (χ1) is 13.7. The molecule has 0 aliphatic carbocycles. The van der Waals surface area contributed by atoms with Crippen molar-refractivity contribution in [1.82, 2.24) is 0 Å². The van der Waals surface area contributed by atoms with Crippen LogP contribution in [0.15, 0.2) is 82.6 Å². The molecule has 0 aliphatic heterocycles. The number of halogens is 1. The highest BCUT2D eigenvalue weighted by Crippen LogP contribution is 2.27. The summed E-state index contributed by atoms with van der Waals surface area (Å²) < 4.78 is 73.4. The van der Waals surface area contributed by atoms with Gasteiger partial charge in [-0.15, -0.1) is 0 Å². The number of para-hydroxylation sites is 2. The molecule has 152 valence electrons. The molecule has 0 saturated heterocycles. The minimum atomic E-state index is -4.09. The van der Waals surface area contributed by atoms with E-state index in [2.05, 4.69) is 9.44 Å². The van der Waals surface area contributed by atoms with E-state index in [9.17, 15) is 21.2 Å². The number of methoxy groups -OCH3 is 1. The van der Waals surface area contributed by atoms with Crippen LogP contribution in [0.2, 0.25) is 0 Å². The van der Waals surface area contributed by atoms with E-state index in [1.165, 1.54) is 43.5 Å². The van der Waals surface area contributed by atoms with E-state index >= 15 is 0 Å². The Kier molecular flexibility index (Phi) is 5.76. The van der Waals surface area contributed by atoms with Crippen molar-refractivity contribution >= 4 is 31.4 Å². The zero-order chi connectivity index (χ0) is 21.1. The highest BCUT2D eigenvalue weighted by atomic mass is 32.2. The molecule has 0 fully saturated rings. The number of rotatable bonds is 7. The van der Waals surface area contributed by atoms with Crippen LogP contribution in [0.25, 0.3) is 0 Å². The van der Waals surface area contributed by atoms with Gasteiger partial charge in [0.05, 0.1) is 28.3 Å². The highest BCUT2D eigenvalue weighted by molar-refractivity contribution is 7.93. The summed E-state index contributed by atoms with van der Waals surface area (Å²) in [7, 11) is -6.70. The Morgan fingerprint density at radius 2 is 1.38 bits per heavy atom. The number of sulfonamides is 2. The molecule has 7 nitrogen and oxygen atoms in total. The summed E-state index contributed by atoms with van der Waals surface area (Å²) in [6.45, 7) is 0. The van der Waals surface area contributed by atoms with Gasteiger partial charge in [0.15, 0.2) is 0 Å². The number of benzene rings is 3. The third-order valence-electron chi connectivity index (χ3n) is 3.85. The minimum Gasteiger partial charge on any atom is -0.495 e. The van der Waals surface area contributed by atoms with E-state index < -0.39 is 25.9 Å². The van der Waals surface area contributed by atoms with E-state index in [1.54, 1.807) is 18.2 Å². The van der Waals surface area contributed by atoms with E-state index in [0.29, 0.717) is 5.75 Å². The normalized spacial score (nSPS) is 11.7. The standard InChI is InChI=1S/C19H17FN2O5S2/c1-27-19-11-3-2-10-18(19)22-29(25,26)17-9-5-7-15(13-17)21-28(23,24)16-8-4-6-14(20)12-16/h2-13,21-22H,1H3. The fourth-order valence-corrected chi connectivity index (χ4v) is 4.70. The summed E-state index contributed by atoms with van der Waals surface area (Å²) in [6, 6.07) is 16.2. The van der Waals surface area contributed by atoms with Gasteiger partial charge in [-0.25, -0.2) is 21.2 Å². The Labute approximate surface area is 168 Å². The predicted octanol–water partition coefficient (Wildman–Crippen LogP) is 3.44. The molecule has 0 atom stereocenters. The van der Waals surface area contributed by atoms with Gasteiger partial charge in [0, 0.05) is 0 Å². The fraction of sp³-hybridized carbons (Fsp3) is 0.0526. The van der Waals surface area contributed by atoms with E-state index in [0.717, 1.165) is 18.2 Å². The first kappa shape index (κ1) is 20.6. The maximum Gasteiger partial charge on any atom is 0.262 e. The monoisotopic (exact) mass is 436 g/mol. The lowest BCUT2D eigenvalue weighted by atomic mass is 10.3. The molecule has 0 spiro atoms. The predicted molar refractivity (Wildman–Crippen MR) is 107 cm³/mol. The van der Waals surface area contributed by atoms with Crippen LogP contribution in [0, 0.1) is 5.82 Å². The highest BCUT2D eigenvalue weighted by Gasteiger charge is 2.19. The van der Waals surface area contributed by atoms with E-state index in [-0.39, 0.29) is 21.2 Å². The molecule has 0 bridgehead atoms. The molecule has 0 saturated carbocycles. The van der Waals surface area contributed by atoms with Crippen LogP contribution in [0.3, 0.4) is 0 Å². The molecule has 3 rings (SSSR count). The van der Waals surface area contributed by atoms with Crippen LogP contribution in [-0.4, -0.2) is 23.9 Å². The summed E-state index contributed by atoms with van der Waals surface area (Å²) in [4.78, 5) is -0.444. The Bertz CT molecular complexity index is 1240. The van der Waals surface area contributed by atoms with Crippen molar-refractivity contribution in [2.45, 2.75) is 9.79 Å². The number of anilines is 2. The molecule has 2 N–H and O–H groups in total. The van der Waals surface area contributed by atoms with E-state index in [1.807, 2.05) is 0 Å². The van der Waals surface area contributed by atoms with Crippen molar-refractivity contribution < 1.29 is 26.0 Å². The second kappa shape index (κ2) is 8.10. The third kappa shape index (κ3) is 4.84. The van der Waals surface area contributed by atoms with Gasteiger partial charge >= 0.3 is 0 Å². The molecular formula is C19H17FN2O5S2. The molecule has 10 heteroatoms. The lowest BCUT2D eigenvalue weighted by Crippen LogP contribution is -2.16. The Morgan fingerprint density at radius 1 is 0.759 bits per heavy atom. The molecule has 0 unspecified atom stereocenters. The third-order valence-corrected chi connectivity index (χ3v) is 6.60. The van der Waals surface area contributed by atoms with Crippen LogP contribution < -0.4 is 14.2 Å². The van der Waals surface area contributed by atoms with Gasteiger partial charge in [0.1, 0.15) is 11.6 Å². The number of hydrogen-bond donors (Lipinski definition) is 2. The summed E-state index contributed by atoms with van der Waals surface area (Å²) in [5, 5.41) is 0. The second-order valence-electron chi connectivity index (χ2n) is 5.90. The lowest BCUT2D eigenvalue weighted by molar-refractivity contribution is 0.417. The molecule has 0 aromatic heterocycles.